The Hall–Kier alpha value is -2.37. The molecule has 0 spiro atoms. The number of nitrogens with one attached hydrogen (secondary N) is 2. The molecule has 1 aliphatic heterocycles. The van der Waals surface area contributed by atoms with Gasteiger partial charge in [0.2, 0.25) is 17.7 Å². The second-order valence-electron chi connectivity index (χ2n) is 7.03. The van der Waals surface area contributed by atoms with Crippen molar-refractivity contribution in [2.45, 2.75) is 39.5 Å². The van der Waals surface area contributed by atoms with Crippen molar-refractivity contribution in [2.24, 2.45) is 5.92 Å². The van der Waals surface area contributed by atoms with Gasteiger partial charge in [-0.1, -0.05) is 29.8 Å². The molecular formula is C20H29N3O3. The van der Waals surface area contributed by atoms with Crippen LogP contribution >= 0.6 is 0 Å². The summed E-state index contributed by atoms with van der Waals surface area (Å²) in [6, 6.07) is 8.68. The highest BCUT2D eigenvalue weighted by molar-refractivity contribution is 5.87. The number of carbonyl (C=O) groups excluding carboxylic acids is 3. The molecule has 3 amide bonds. The first kappa shape index (κ1) is 19.9. The van der Waals surface area contributed by atoms with E-state index in [0.29, 0.717) is 5.92 Å². The van der Waals surface area contributed by atoms with Crippen LogP contribution in [0.3, 0.4) is 0 Å². The van der Waals surface area contributed by atoms with Gasteiger partial charge in [-0.15, -0.1) is 0 Å². The molecular weight excluding hydrogens is 330 g/mol. The van der Waals surface area contributed by atoms with Crippen molar-refractivity contribution < 1.29 is 14.4 Å². The molecule has 1 fully saturated rings. The molecule has 0 atom stereocenters. The van der Waals surface area contributed by atoms with E-state index < -0.39 is 0 Å². The number of benzene rings is 1. The third kappa shape index (κ3) is 6.86. The second kappa shape index (κ2) is 9.94. The maximum absolute atomic E-state index is 12.2. The van der Waals surface area contributed by atoms with Crippen molar-refractivity contribution in [3.05, 3.63) is 35.4 Å². The molecule has 6 heteroatoms. The number of amides is 3. The molecule has 0 saturated carbocycles. The highest BCUT2D eigenvalue weighted by Gasteiger charge is 2.22. The van der Waals surface area contributed by atoms with E-state index in [1.807, 2.05) is 4.90 Å². The Kier molecular flexibility index (Phi) is 7.63. The monoisotopic (exact) mass is 359 g/mol. The normalized spacial score (nSPS) is 14.8. The number of carbonyl (C=O) groups is 3. The number of hydrogen-bond donors (Lipinski definition) is 2. The van der Waals surface area contributed by atoms with Crippen molar-refractivity contribution in [2.75, 3.05) is 26.2 Å². The number of rotatable bonds is 7. The predicted octanol–water partition coefficient (Wildman–Crippen LogP) is 1.42. The fourth-order valence-electron chi connectivity index (χ4n) is 3.15. The molecule has 0 bridgehead atoms. The predicted molar refractivity (Wildman–Crippen MR) is 100 cm³/mol. The van der Waals surface area contributed by atoms with Gasteiger partial charge in [-0.2, -0.15) is 0 Å². The summed E-state index contributed by atoms with van der Waals surface area (Å²) >= 11 is 0. The van der Waals surface area contributed by atoms with E-state index in [-0.39, 0.29) is 30.8 Å². The molecule has 0 radical (unpaired) electrons. The first-order valence-electron chi connectivity index (χ1n) is 9.28. The van der Waals surface area contributed by atoms with E-state index in [1.54, 1.807) is 0 Å². The van der Waals surface area contributed by atoms with Gasteiger partial charge in [-0.25, -0.2) is 0 Å². The maximum Gasteiger partial charge on any atom is 0.241 e. The molecule has 142 valence electrons. The average Bonchev–Trinajstić information content (AvgIpc) is 2.64. The molecule has 2 rings (SSSR count). The summed E-state index contributed by atoms with van der Waals surface area (Å²) in [6.45, 7) is 4.84. The van der Waals surface area contributed by atoms with Gasteiger partial charge in [-0.05, 0) is 44.1 Å². The van der Waals surface area contributed by atoms with Crippen LogP contribution in [0.5, 0.6) is 0 Å². The molecule has 2 N–H and O–H groups in total. The lowest BCUT2D eigenvalue weighted by molar-refractivity contribution is -0.134. The average molecular weight is 359 g/mol. The Labute approximate surface area is 155 Å². The highest BCUT2D eigenvalue weighted by atomic mass is 16.2. The largest absolute Gasteiger partial charge is 0.347 e. The van der Waals surface area contributed by atoms with Gasteiger partial charge in [0.25, 0.3) is 0 Å². The molecule has 0 unspecified atom stereocenters. The Morgan fingerprint density at radius 1 is 1.04 bits per heavy atom. The highest BCUT2D eigenvalue weighted by Crippen LogP contribution is 2.22. The van der Waals surface area contributed by atoms with Crippen LogP contribution in [-0.4, -0.2) is 48.8 Å². The summed E-state index contributed by atoms with van der Waals surface area (Å²) in [7, 11) is 0. The molecule has 6 nitrogen and oxygen atoms in total. The number of nitrogens with zero attached hydrogens (tertiary/aromatic N) is 1. The van der Waals surface area contributed by atoms with E-state index in [0.717, 1.165) is 38.8 Å². The van der Waals surface area contributed by atoms with Crippen molar-refractivity contribution in [1.82, 2.24) is 15.5 Å². The standard InChI is InChI=1S/C20H29N3O3/c1-15-3-5-17(6-4-15)7-8-18-9-11-23(12-10-18)20(26)14-22-19(25)13-21-16(2)24/h3-6,18H,7-14H2,1-2H3,(H,21,24)(H,22,25). The van der Waals surface area contributed by atoms with Gasteiger partial charge < -0.3 is 15.5 Å². The zero-order valence-electron chi connectivity index (χ0n) is 15.7. The quantitative estimate of drug-likeness (QED) is 0.773. The van der Waals surface area contributed by atoms with Crippen LogP contribution in [0.4, 0.5) is 0 Å². The second-order valence-corrected chi connectivity index (χ2v) is 7.03. The minimum atomic E-state index is -0.346. The molecule has 0 aromatic heterocycles. The summed E-state index contributed by atoms with van der Waals surface area (Å²) in [5, 5.41) is 4.96. The number of aryl methyl sites for hydroxylation is 2. The van der Waals surface area contributed by atoms with Gasteiger partial charge in [0.05, 0.1) is 13.1 Å². The van der Waals surface area contributed by atoms with Crippen LogP contribution in [0.1, 0.15) is 37.3 Å². The lowest BCUT2D eigenvalue weighted by atomic mass is 9.90. The Morgan fingerprint density at radius 2 is 1.69 bits per heavy atom. The number of likely N-dealkylation sites (tertiary alicyclic amines) is 1. The molecule has 26 heavy (non-hydrogen) atoms. The van der Waals surface area contributed by atoms with Crippen molar-refractivity contribution >= 4 is 17.7 Å². The third-order valence-corrected chi connectivity index (χ3v) is 4.86. The Morgan fingerprint density at radius 3 is 2.31 bits per heavy atom. The van der Waals surface area contributed by atoms with Gasteiger partial charge in [0, 0.05) is 20.0 Å². The van der Waals surface area contributed by atoms with E-state index in [1.165, 1.54) is 18.1 Å². The van der Waals surface area contributed by atoms with E-state index in [9.17, 15) is 14.4 Å². The summed E-state index contributed by atoms with van der Waals surface area (Å²) < 4.78 is 0. The lowest BCUT2D eigenvalue weighted by Crippen LogP contribution is -2.45. The van der Waals surface area contributed by atoms with Crippen LogP contribution < -0.4 is 10.6 Å². The van der Waals surface area contributed by atoms with Crippen LogP contribution in [-0.2, 0) is 20.8 Å². The van der Waals surface area contributed by atoms with Crippen molar-refractivity contribution in [1.29, 1.82) is 0 Å². The van der Waals surface area contributed by atoms with Gasteiger partial charge >= 0.3 is 0 Å². The number of piperidine rings is 1. The fourth-order valence-corrected chi connectivity index (χ4v) is 3.15. The first-order chi connectivity index (χ1) is 12.4. The van der Waals surface area contributed by atoms with E-state index in [2.05, 4.69) is 41.8 Å². The fraction of sp³-hybridized carbons (Fsp3) is 0.550. The SMILES string of the molecule is CC(=O)NCC(=O)NCC(=O)N1CCC(CCc2ccc(C)cc2)CC1. The molecule has 0 aliphatic carbocycles. The van der Waals surface area contributed by atoms with Crippen LogP contribution in [0.25, 0.3) is 0 Å². The smallest absolute Gasteiger partial charge is 0.241 e. The van der Waals surface area contributed by atoms with Gasteiger partial charge in [-0.3, -0.25) is 14.4 Å². The Bertz CT molecular complexity index is 620. The minimum absolute atomic E-state index is 0.00749. The van der Waals surface area contributed by atoms with Crippen molar-refractivity contribution in [3.63, 3.8) is 0 Å². The van der Waals surface area contributed by atoms with Gasteiger partial charge in [0.1, 0.15) is 0 Å². The Balaban J connectivity index is 1.64. The van der Waals surface area contributed by atoms with Crippen molar-refractivity contribution in [3.8, 4) is 0 Å². The van der Waals surface area contributed by atoms with Crippen LogP contribution in [0, 0.1) is 12.8 Å². The topological polar surface area (TPSA) is 78.5 Å². The van der Waals surface area contributed by atoms with Gasteiger partial charge in [0.15, 0.2) is 0 Å². The third-order valence-electron chi connectivity index (χ3n) is 4.86. The summed E-state index contributed by atoms with van der Waals surface area (Å²) in [5.41, 5.74) is 2.65. The molecule has 1 aromatic rings. The molecule has 1 aromatic carbocycles. The first-order valence-corrected chi connectivity index (χ1v) is 9.28. The molecule has 1 saturated heterocycles. The molecule has 1 heterocycles. The summed E-state index contributed by atoms with van der Waals surface area (Å²) in [4.78, 5) is 36.3. The number of hydrogen-bond acceptors (Lipinski definition) is 3. The summed E-state index contributed by atoms with van der Waals surface area (Å²) in [6.07, 6.45) is 4.26. The maximum atomic E-state index is 12.2. The van der Waals surface area contributed by atoms with E-state index >= 15 is 0 Å². The van der Waals surface area contributed by atoms with Crippen LogP contribution in [0.15, 0.2) is 24.3 Å². The van der Waals surface area contributed by atoms with Crippen LogP contribution in [0.2, 0.25) is 0 Å². The summed E-state index contributed by atoms with van der Waals surface area (Å²) in [5.74, 6) is -0.0198. The molecule has 1 aliphatic rings. The zero-order valence-corrected chi connectivity index (χ0v) is 15.7. The van der Waals surface area contributed by atoms with E-state index in [4.69, 9.17) is 0 Å². The zero-order chi connectivity index (χ0) is 18.9. The lowest BCUT2D eigenvalue weighted by Gasteiger charge is -2.32. The minimum Gasteiger partial charge on any atom is -0.347 e.